The van der Waals surface area contributed by atoms with Gasteiger partial charge in [0.25, 0.3) is 0 Å². The minimum Gasteiger partial charge on any atom is -0.341 e. The van der Waals surface area contributed by atoms with Gasteiger partial charge in [0, 0.05) is 19.6 Å². The predicted octanol–water partition coefficient (Wildman–Crippen LogP) is 1.03. The lowest BCUT2D eigenvalue weighted by Gasteiger charge is -2.23. The number of hydrogen-bond acceptors (Lipinski definition) is 4. The maximum absolute atomic E-state index is 12.4. The fraction of sp³-hybridized carbons (Fsp3) is 0.462. The Hall–Kier alpha value is -1.54. The van der Waals surface area contributed by atoms with Crippen LogP contribution in [-0.2, 0) is 21.1 Å². The van der Waals surface area contributed by atoms with Crippen molar-refractivity contribution in [2.75, 3.05) is 13.6 Å². The smallest absolute Gasteiger partial charge is 0.341 e. The quantitative estimate of drug-likeness (QED) is 0.849. The molecular formula is C13H18F2N2O3S. The number of amides is 1. The summed E-state index contributed by atoms with van der Waals surface area (Å²) >= 11 is 0. The largest absolute Gasteiger partial charge is 0.341 e. The second-order valence-electron chi connectivity index (χ2n) is 4.72. The molecule has 0 radical (unpaired) electrons. The van der Waals surface area contributed by atoms with E-state index >= 15 is 0 Å². The Morgan fingerprint density at radius 3 is 2.24 bits per heavy atom. The van der Waals surface area contributed by atoms with E-state index in [0.29, 0.717) is 12.1 Å². The molecule has 0 aliphatic rings. The number of likely N-dealkylation sites (N-methyl/N-ethyl adjacent to an activating group) is 1. The van der Waals surface area contributed by atoms with E-state index in [1.165, 1.54) is 17.0 Å². The Labute approximate surface area is 122 Å². The second kappa shape index (κ2) is 6.95. The first-order chi connectivity index (χ1) is 9.70. The van der Waals surface area contributed by atoms with E-state index in [2.05, 4.69) is 0 Å². The lowest BCUT2D eigenvalue weighted by Crippen LogP contribution is -2.40. The van der Waals surface area contributed by atoms with Crippen LogP contribution in [0.3, 0.4) is 0 Å². The summed E-state index contributed by atoms with van der Waals surface area (Å²) in [6.45, 7) is 2.13. The molecular weight excluding hydrogens is 302 g/mol. The number of nitrogens with zero attached hydrogens (tertiary/aromatic N) is 1. The van der Waals surface area contributed by atoms with Crippen molar-refractivity contribution in [3.63, 3.8) is 0 Å². The van der Waals surface area contributed by atoms with Gasteiger partial charge < -0.3 is 10.6 Å². The number of hydrogen-bond donors (Lipinski definition) is 1. The van der Waals surface area contributed by atoms with Crippen LogP contribution < -0.4 is 5.73 Å². The molecule has 1 atom stereocenters. The van der Waals surface area contributed by atoms with Crippen molar-refractivity contribution in [1.29, 1.82) is 0 Å². The molecule has 1 amide bonds. The van der Waals surface area contributed by atoms with Gasteiger partial charge in [-0.05, 0) is 24.6 Å². The molecule has 0 spiro atoms. The molecule has 0 aromatic heterocycles. The molecule has 2 N–H and O–H groups in total. The van der Waals surface area contributed by atoms with E-state index < -0.39 is 20.5 Å². The summed E-state index contributed by atoms with van der Waals surface area (Å²) in [6.07, 6.45) is 0.0514. The first kappa shape index (κ1) is 17.5. The van der Waals surface area contributed by atoms with Crippen LogP contribution in [0.1, 0.15) is 12.5 Å². The van der Waals surface area contributed by atoms with Crippen LogP contribution in [0.15, 0.2) is 29.2 Å². The van der Waals surface area contributed by atoms with Crippen molar-refractivity contribution in [1.82, 2.24) is 4.90 Å². The van der Waals surface area contributed by atoms with Gasteiger partial charge in [0.05, 0.1) is 11.3 Å². The Bertz CT molecular complexity index is 588. The van der Waals surface area contributed by atoms with Gasteiger partial charge in [-0.25, -0.2) is 8.42 Å². The van der Waals surface area contributed by atoms with Crippen LogP contribution in [0, 0.1) is 0 Å². The Balaban J connectivity index is 2.83. The maximum Gasteiger partial charge on any atom is 0.341 e. The summed E-state index contributed by atoms with van der Waals surface area (Å²) < 4.78 is 47.3. The normalized spacial score (nSPS) is 13.2. The highest BCUT2D eigenvalue weighted by molar-refractivity contribution is 7.91. The number of benzene rings is 1. The monoisotopic (exact) mass is 320 g/mol. The number of carbonyl (C=O) groups is 1. The molecule has 5 nitrogen and oxygen atoms in total. The minimum absolute atomic E-state index is 0.0514. The topological polar surface area (TPSA) is 80.5 Å². The van der Waals surface area contributed by atoms with Gasteiger partial charge in [0.1, 0.15) is 0 Å². The molecule has 1 aromatic rings. The van der Waals surface area contributed by atoms with Gasteiger partial charge in [-0.1, -0.05) is 12.1 Å². The van der Waals surface area contributed by atoms with Crippen LogP contribution in [0.5, 0.6) is 0 Å². The maximum atomic E-state index is 12.4. The van der Waals surface area contributed by atoms with Gasteiger partial charge in [-0.2, -0.15) is 8.78 Å². The van der Waals surface area contributed by atoms with Gasteiger partial charge >= 0.3 is 5.76 Å². The highest BCUT2D eigenvalue weighted by Crippen LogP contribution is 2.19. The van der Waals surface area contributed by atoms with Gasteiger partial charge in [-0.15, -0.1) is 0 Å². The fourth-order valence-corrected chi connectivity index (χ4v) is 2.32. The van der Waals surface area contributed by atoms with Gasteiger partial charge in [0.15, 0.2) is 0 Å². The third-order valence-electron chi connectivity index (χ3n) is 3.24. The van der Waals surface area contributed by atoms with Crippen molar-refractivity contribution >= 4 is 15.7 Å². The molecule has 8 heteroatoms. The fourth-order valence-electron chi connectivity index (χ4n) is 1.60. The molecule has 0 heterocycles. The molecule has 0 saturated carbocycles. The summed E-state index contributed by atoms with van der Waals surface area (Å²) in [6, 6.07) is 4.76. The Morgan fingerprint density at radius 2 is 1.81 bits per heavy atom. The zero-order chi connectivity index (χ0) is 16.2. The van der Waals surface area contributed by atoms with Gasteiger partial charge in [-0.3, -0.25) is 4.79 Å². The number of carbonyl (C=O) groups excluding carboxylic acids is 1. The zero-order valence-corrected chi connectivity index (χ0v) is 12.6. The van der Waals surface area contributed by atoms with E-state index in [0.717, 1.165) is 12.1 Å². The zero-order valence-electron chi connectivity index (χ0n) is 11.8. The highest BCUT2D eigenvalue weighted by atomic mass is 32.2. The number of rotatable bonds is 6. The van der Waals surface area contributed by atoms with Crippen LogP contribution >= 0.6 is 0 Å². The summed E-state index contributed by atoms with van der Waals surface area (Å²) in [4.78, 5) is 13.0. The van der Waals surface area contributed by atoms with E-state index in [9.17, 15) is 22.0 Å². The van der Waals surface area contributed by atoms with Crippen molar-refractivity contribution in [2.45, 2.75) is 30.0 Å². The van der Waals surface area contributed by atoms with Crippen molar-refractivity contribution in [2.24, 2.45) is 5.73 Å². The average molecular weight is 320 g/mol. The molecule has 1 aromatic carbocycles. The summed E-state index contributed by atoms with van der Waals surface area (Å²) in [5, 5.41) is 0. The molecule has 1 unspecified atom stereocenters. The molecule has 0 aliphatic heterocycles. The lowest BCUT2D eigenvalue weighted by atomic mass is 10.1. The molecule has 21 heavy (non-hydrogen) atoms. The Kier molecular flexibility index (Phi) is 5.79. The number of nitrogens with two attached hydrogens (primary N) is 1. The lowest BCUT2D eigenvalue weighted by molar-refractivity contribution is -0.130. The van der Waals surface area contributed by atoms with Crippen molar-refractivity contribution < 1.29 is 22.0 Å². The summed E-state index contributed by atoms with van der Waals surface area (Å²) in [5.41, 5.74) is 6.01. The SMILES string of the molecule is CC(CN)N(C)C(=O)Cc1ccc(S(=O)(=O)C(F)F)cc1. The first-order valence-electron chi connectivity index (χ1n) is 6.27. The third kappa shape index (κ3) is 4.21. The van der Waals surface area contributed by atoms with E-state index in [1.54, 1.807) is 14.0 Å². The number of halogens is 2. The highest BCUT2D eigenvalue weighted by Gasteiger charge is 2.26. The van der Waals surface area contributed by atoms with E-state index in [4.69, 9.17) is 5.73 Å². The summed E-state index contributed by atoms with van der Waals surface area (Å²) in [7, 11) is -2.98. The van der Waals surface area contributed by atoms with Crippen molar-refractivity contribution in [3.8, 4) is 0 Å². The van der Waals surface area contributed by atoms with Gasteiger partial charge in [0.2, 0.25) is 15.7 Å². The average Bonchev–Trinajstić information content (AvgIpc) is 2.45. The van der Waals surface area contributed by atoms with Crippen LogP contribution in [0.2, 0.25) is 0 Å². The molecule has 118 valence electrons. The molecule has 0 bridgehead atoms. The van der Waals surface area contributed by atoms with E-state index in [-0.39, 0.29) is 18.4 Å². The third-order valence-corrected chi connectivity index (χ3v) is 4.64. The number of sulfone groups is 1. The summed E-state index contributed by atoms with van der Waals surface area (Å²) in [5.74, 6) is -3.64. The minimum atomic E-state index is -4.60. The molecule has 0 saturated heterocycles. The predicted molar refractivity (Wildman–Crippen MR) is 74.6 cm³/mol. The molecule has 0 aliphatic carbocycles. The second-order valence-corrected chi connectivity index (χ2v) is 6.63. The Morgan fingerprint density at radius 1 is 1.29 bits per heavy atom. The van der Waals surface area contributed by atoms with Crippen LogP contribution in [-0.4, -0.2) is 44.6 Å². The molecule has 1 rings (SSSR count). The van der Waals surface area contributed by atoms with Crippen LogP contribution in [0.4, 0.5) is 8.78 Å². The standard InChI is InChI=1S/C13H18F2N2O3S/c1-9(8-16)17(2)12(18)7-10-3-5-11(6-4-10)21(19,20)13(14)15/h3-6,9,13H,7-8,16H2,1-2H3. The number of alkyl halides is 2. The van der Waals surface area contributed by atoms with Crippen LogP contribution in [0.25, 0.3) is 0 Å². The first-order valence-corrected chi connectivity index (χ1v) is 7.81. The van der Waals surface area contributed by atoms with E-state index in [1.807, 2.05) is 0 Å². The molecule has 0 fully saturated rings. The van der Waals surface area contributed by atoms with Crippen molar-refractivity contribution in [3.05, 3.63) is 29.8 Å².